The van der Waals surface area contributed by atoms with Crippen LogP contribution in [0.1, 0.15) is 31.2 Å². The fraction of sp³-hybridized carbons (Fsp3) is 0.571. The summed E-state index contributed by atoms with van der Waals surface area (Å²) in [7, 11) is 0. The van der Waals surface area contributed by atoms with Gasteiger partial charge in [-0.2, -0.15) is 11.8 Å². The minimum Gasteiger partial charge on any atom is -0.310 e. The van der Waals surface area contributed by atoms with Gasteiger partial charge in [0.05, 0.1) is 4.47 Å². The van der Waals surface area contributed by atoms with E-state index in [1.165, 1.54) is 25.7 Å². The fourth-order valence-corrected chi connectivity index (χ4v) is 3.53. The van der Waals surface area contributed by atoms with E-state index in [0.29, 0.717) is 10.5 Å². The summed E-state index contributed by atoms with van der Waals surface area (Å²) >= 11 is 5.15. The molecule has 4 heteroatoms. The Morgan fingerprint density at radius 3 is 3.00 bits per heavy atom. The van der Waals surface area contributed by atoms with Crippen LogP contribution in [-0.4, -0.2) is 17.5 Å². The molecule has 0 radical (unpaired) electrons. The third-order valence-electron chi connectivity index (χ3n) is 3.54. The van der Waals surface area contributed by atoms with Crippen LogP contribution in [0.4, 0.5) is 4.39 Å². The van der Waals surface area contributed by atoms with Crippen LogP contribution in [0.5, 0.6) is 0 Å². The second kappa shape index (κ2) is 6.92. The van der Waals surface area contributed by atoms with Crippen molar-refractivity contribution in [1.82, 2.24) is 5.32 Å². The summed E-state index contributed by atoms with van der Waals surface area (Å²) in [5, 5.41) is 4.34. The summed E-state index contributed by atoms with van der Waals surface area (Å²) in [4.78, 5) is 0. The molecule has 0 heterocycles. The van der Waals surface area contributed by atoms with Crippen LogP contribution in [0, 0.1) is 5.82 Å². The SMILES string of the molecule is CSC1CCCC(NCc2ccc(Br)c(F)c2)C1. The quantitative estimate of drug-likeness (QED) is 0.880. The van der Waals surface area contributed by atoms with Gasteiger partial charge in [0.15, 0.2) is 0 Å². The molecule has 0 aromatic heterocycles. The van der Waals surface area contributed by atoms with Gasteiger partial charge in [-0.25, -0.2) is 4.39 Å². The predicted molar refractivity (Wildman–Crippen MR) is 80.5 cm³/mol. The molecule has 100 valence electrons. The van der Waals surface area contributed by atoms with E-state index in [2.05, 4.69) is 27.5 Å². The number of thioether (sulfide) groups is 1. The van der Waals surface area contributed by atoms with Gasteiger partial charge in [-0.1, -0.05) is 12.5 Å². The topological polar surface area (TPSA) is 12.0 Å². The summed E-state index contributed by atoms with van der Waals surface area (Å²) in [6, 6.07) is 5.93. The summed E-state index contributed by atoms with van der Waals surface area (Å²) in [5.74, 6) is -0.181. The number of benzene rings is 1. The van der Waals surface area contributed by atoms with Crippen molar-refractivity contribution in [3.8, 4) is 0 Å². The van der Waals surface area contributed by atoms with Crippen molar-refractivity contribution in [2.75, 3.05) is 6.26 Å². The van der Waals surface area contributed by atoms with Gasteiger partial charge in [0, 0.05) is 17.8 Å². The number of halogens is 2. The minimum atomic E-state index is -0.181. The van der Waals surface area contributed by atoms with Gasteiger partial charge in [-0.3, -0.25) is 0 Å². The molecule has 1 aromatic carbocycles. The van der Waals surface area contributed by atoms with Crippen molar-refractivity contribution in [3.05, 3.63) is 34.1 Å². The Hall–Kier alpha value is -0.0600. The van der Waals surface area contributed by atoms with Crippen molar-refractivity contribution < 1.29 is 4.39 Å². The molecule has 0 spiro atoms. The maximum absolute atomic E-state index is 13.4. The molecule has 0 saturated heterocycles. The molecule has 1 aliphatic rings. The van der Waals surface area contributed by atoms with Crippen LogP contribution in [0.3, 0.4) is 0 Å². The third kappa shape index (κ3) is 3.97. The Balaban J connectivity index is 1.85. The van der Waals surface area contributed by atoms with E-state index >= 15 is 0 Å². The zero-order valence-corrected chi connectivity index (χ0v) is 13.0. The van der Waals surface area contributed by atoms with E-state index in [4.69, 9.17) is 0 Å². The van der Waals surface area contributed by atoms with Crippen LogP contribution < -0.4 is 5.32 Å². The molecule has 1 saturated carbocycles. The van der Waals surface area contributed by atoms with Crippen LogP contribution in [0.25, 0.3) is 0 Å². The molecule has 1 N–H and O–H groups in total. The van der Waals surface area contributed by atoms with Crippen molar-refractivity contribution in [2.45, 2.75) is 43.5 Å². The summed E-state index contributed by atoms with van der Waals surface area (Å²) in [6.07, 6.45) is 7.32. The largest absolute Gasteiger partial charge is 0.310 e. The first-order chi connectivity index (χ1) is 8.69. The van der Waals surface area contributed by atoms with Gasteiger partial charge in [0.2, 0.25) is 0 Å². The molecular formula is C14H19BrFNS. The maximum Gasteiger partial charge on any atom is 0.137 e. The molecule has 0 aliphatic heterocycles. The van der Waals surface area contributed by atoms with Crippen LogP contribution in [0.15, 0.2) is 22.7 Å². The number of nitrogens with one attached hydrogen (secondary N) is 1. The van der Waals surface area contributed by atoms with Gasteiger partial charge < -0.3 is 5.32 Å². The Labute approximate surface area is 121 Å². The molecule has 0 bridgehead atoms. The van der Waals surface area contributed by atoms with E-state index in [0.717, 1.165) is 17.4 Å². The molecule has 2 atom stereocenters. The molecule has 1 aromatic rings. The van der Waals surface area contributed by atoms with E-state index in [1.54, 1.807) is 12.1 Å². The molecule has 0 amide bonds. The molecule has 1 aliphatic carbocycles. The average Bonchev–Trinajstić information content (AvgIpc) is 2.40. The van der Waals surface area contributed by atoms with Crippen molar-refractivity contribution >= 4 is 27.7 Å². The number of hydrogen-bond donors (Lipinski definition) is 1. The first-order valence-electron chi connectivity index (χ1n) is 6.39. The second-order valence-electron chi connectivity index (χ2n) is 4.85. The molecular weight excluding hydrogens is 313 g/mol. The highest BCUT2D eigenvalue weighted by Crippen LogP contribution is 2.27. The minimum absolute atomic E-state index is 0.181. The normalized spacial score (nSPS) is 24.2. The average molecular weight is 332 g/mol. The van der Waals surface area contributed by atoms with Gasteiger partial charge in [0.25, 0.3) is 0 Å². The van der Waals surface area contributed by atoms with E-state index in [9.17, 15) is 4.39 Å². The van der Waals surface area contributed by atoms with Crippen molar-refractivity contribution in [3.63, 3.8) is 0 Å². The monoisotopic (exact) mass is 331 g/mol. The van der Waals surface area contributed by atoms with Crippen molar-refractivity contribution in [2.24, 2.45) is 0 Å². The predicted octanol–water partition coefficient (Wildman–Crippen LogP) is 4.35. The first kappa shape index (κ1) is 14.4. The summed E-state index contributed by atoms with van der Waals surface area (Å²) in [5.41, 5.74) is 1.02. The van der Waals surface area contributed by atoms with Crippen LogP contribution in [-0.2, 0) is 6.54 Å². The summed E-state index contributed by atoms with van der Waals surface area (Å²) in [6.45, 7) is 0.760. The van der Waals surface area contributed by atoms with Gasteiger partial charge in [-0.05, 0) is 59.1 Å². The number of hydrogen-bond acceptors (Lipinski definition) is 2. The Kier molecular flexibility index (Phi) is 5.52. The van der Waals surface area contributed by atoms with Gasteiger partial charge in [0.1, 0.15) is 5.82 Å². The lowest BCUT2D eigenvalue weighted by molar-refractivity contribution is 0.379. The van der Waals surface area contributed by atoms with Gasteiger partial charge >= 0.3 is 0 Å². The van der Waals surface area contributed by atoms with E-state index in [-0.39, 0.29) is 5.82 Å². The maximum atomic E-state index is 13.4. The van der Waals surface area contributed by atoms with Gasteiger partial charge in [-0.15, -0.1) is 0 Å². The highest BCUT2D eigenvalue weighted by molar-refractivity contribution is 9.10. The molecule has 1 fully saturated rings. The Bertz CT molecular complexity index is 399. The molecule has 18 heavy (non-hydrogen) atoms. The first-order valence-corrected chi connectivity index (χ1v) is 8.47. The molecule has 1 nitrogen and oxygen atoms in total. The zero-order chi connectivity index (χ0) is 13.0. The lowest BCUT2D eigenvalue weighted by Gasteiger charge is -2.28. The lowest BCUT2D eigenvalue weighted by Crippen LogP contribution is -2.34. The van der Waals surface area contributed by atoms with E-state index < -0.39 is 0 Å². The standard InChI is InChI=1S/C14H19BrFNS/c1-18-12-4-2-3-11(8-12)17-9-10-5-6-13(15)14(16)7-10/h5-7,11-12,17H,2-4,8-9H2,1H3. The Morgan fingerprint density at radius 1 is 1.44 bits per heavy atom. The highest BCUT2D eigenvalue weighted by atomic mass is 79.9. The third-order valence-corrected chi connectivity index (χ3v) is 5.28. The van der Waals surface area contributed by atoms with Crippen molar-refractivity contribution in [1.29, 1.82) is 0 Å². The van der Waals surface area contributed by atoms with Crippen LogP contribution in [0.2, 0.25) is 0 Å². The highest BCUT2D eigenvalue weighted by Gasteiger charge is 2.20. The molecule has 2 unspecified atom stereocenters. The summed E-state index contributed by atoms with van der Waals surface area (Å²) < 4.78 is 13.9. The zero-order valence-electron chi connectivity index (χ0n) is 10.6. The fourth-order valence-electron chi connectivity index (χ4n) is 2.46. The lowest BCUT2D eigenvalue weighted by atomic mass is 9.95. The number of rotatable bonds is 4. The Morgan fingerprint density at radius 2 is 2.28 bits per heavy atom. The smallest absolute Gasteiger partial charge is 0.137 e. The van der Waals surface area contributed by atoms with E-state index in [1.807, 2.05) is 17.8 Å². The second-order valence-corrected chi connectivity index (χ2v) is 6.84. The van der Waals surface area contributed by atoms with Crippen LogP contribution >= 0.6 is 27.7 Å². The molecule has 2 rings (SSSR count).